The number of hydrogen-bond acceptors (Lipinski definition) is 1. The normalized spacial score (nSPS) is 12.2. The fraction of sp³-hybridized carbons (Fsp3) is 0.500. The van der Waals surface area contributed by atoms with E-state index in [1.165, 1.54) is 5.57 Å². The van der Waals surface area contributed by atoms with Crippen molar-refractivity contribution in [1.82, 2.24) is 0 Å². The Labute approximate surface area is 69.5 Å². The minimum atomic E-state index is 0.994. The first-order valence-electron chi connectivity index (χ1n) is 4.03. The Morgan fingerprint density at radius 1 is 1.27 bits per heavy atom. The van der Waals surface area contributed by atoms with Gasteiger partial charge in [0.25, 0.3) is 0 Å². The molecule has 0 amide bonds. The number of rotatable bonds is 3. The van der Waals surface area contributed by atoms with Crippen molar-refractivity contribution in [3.05, 3.63) is 23.4 Å². The summed E-state index contributed by atoms with van der Waals surface area (Å²) >= 11 is 0. The highest BCUT2D eigenvalue weighted by molar-refractivity contribution is 5.55. The van der Waals surface area contributed by atoms with E-state index < -0.39 is 0 Å². The van der Waals surface area contributed by atoms with E-state index in [9.17, 15) is 0 Å². The van der Waals surface area contributed by atoms with Crippen LogP contribution in [0.15, 0.2) is 28.4 Å². The van der Waals surface area contributed by atoms with Gasteiger partial charge in [0.1, 0.15) is 0 Å². The van der Waals surface area contributed by atoms with Crippen molar-refractivity contribution in [2.24, 2.45) is 4.99 Å². The van der Waals surface area contributed by atoms with Gasteiger partial charge in [-0.2, -0.15) is 0 Å². The van der Waals surface area contributed by atoms with Gasteiger partial charge in [-0.1, -0.05) is 18.6 Å². The summed E-state index contributed by atoms with van der Waals surface area (Å²) in [6, 6.07) is 0. The Hall–Kier alpha value is -0.850. The average molecular weight is 151 g/mol. The first-order valence-corrected chi connectivity index (χ1v) is 4.03. The fourth-order valence-corrected chi connectivity index (χ4v) is 0.681. The molecule has 0 saturated carbocycles. The number of hydrogen-bond donors (Lipinski definition) is 0. The Kier molecular flexibility index (Phi) is 5.44. The maximum Gasteiger partial charge on any atom is 0.0396 e. The van der Waals surface area contributed by atoms with Gasteiger partial charge in [-0.15, -0.1) is 0 Å². The standard InChI is InChI=1S/C10H17N/c1-5-10(11-6-2)8-7-9(3)4/h6-8H,5H2,1-4H3/b10-8+,11-6?. The zero-order valence-electron chi connectivity index (χ0n) is 7.89. The minimum Gasteiger partial charge on any atom is -0.266 e. The molecule has 0 heterocycles. The van der Waals surface area contributed by atoms with Crippen LogP contribution in [0.3, 0.4) is 0 Å². The molecule has 0 spiro atoms. The first kappa shape index (κ1) is 10.2. The van der Waals surface area contributed by atoms with E-state index in [1.807, 2.05) is 13.1 Å². The van der Waals surface area contributed by atoms with Gasteiger partial charge in [0.2, 0.25) is 0 Å². The Balaban J connectivity index is 4.24. The highest BCUT2D eigenvalue weighted by Crippen LogP contribution is 2.02. The van der Waals surface area contributed by atoms with Gasteiger partial charge in [-0.25, -0.2) is 0 Å². The third kappa shape index (κ3) is 5.59. The van der Waals surface area contributed by atoms with E-state index in [0.717, 1.165) is 12.1 Å². The van der Waals surface area contributed by atoms with Crippen LogP contribution in [0.5, 0.6) is 0 Å². The van der Waals surface area contributed by atoms with Crippen molar-refractivity contribution in [3.63, 3.8) is 0 Å². The summed E-state index contributed by atoms with van der Waals surface area (Å²) in [5.74, 6) is 0. The van der Waals surface area contributed by atoms with Crippen LogP contribution in [0.2, 0.25) is 0 Å². The van der Waals surface area contributed by atoms with Gasteiger partial charge in [0.15, 0.2) is 0 Å². The largest absolute Gasteiger partial charge is 0.266 e. The van der Waals surface area contributed by atoms with Gasteiger partial charge in [0.05, 0.1) is 0 Å². The molecule has 0 radical (unpaired) electrons. The van der Waals surface area contributed by atoms with E-state index in [0.29, 0.717) is 0 Å². The molecule has 0 aromatic carbocycles. The van der Waals surface area contributed by atoms with Gasteiger partial charge in [-0.3, -0.25) is 4.99 Å². The fourth-order valence-electron chi connectivity index (χ4n) is 0.681. The van der Waals surface area contributed by atoms with Crippen LogP contribution < -0.4 is 0 Å². The monoisotopic (exact) mass is 151 g/mol. The molecule has 0 bridgehead atoms. The second-order valence-corrected chi connectivity index (χ2v) is 2.64. The summed E-state index contributed by atoms with van der Waals surface area (Å²) in [4.78, 5) is 4.21. The molecule has 0 unspecified atom stereocenters. The van der Waals surface area contributed by atoms with E-state index in [2.05, 4.69) is 37.9 Å². The summed E-state index contributed by atoms with van der Waals surface area (Å²) in [5, 5.41) is 0. The summed E-state index contributed by atoms with van der Waals surface area (Å²) in [6.45, 7) is 8.21. The Morgan fingerprint density at radius 2 is 1.91 bits per heavy atom. The molecule has 0 aromatic rings. The van der Waals surface area contributed by atoms with Crippen LogP contribution in [0.25, 0.3) is 0 Å². The molecule has 0 rings (SSSR count). The number of aliphatic imine (C=N–C) groups is 1. The van der Waals surface area contributed by atoms with Gasteiger partial charge in [0, 0.05) is 11.9 Å². The van der Waals surface area contributed by atoms with E-state index >= 15 is 0 Å². The van der Waals surface area contributed by atoms with Gasteiger partial charge >= 0.3 is 0 Å². The van der Waals surface area contributed by atoms with E-state index in [1.54, 1.807) is 0 Å². The molecule has 0 aromatic heterocycles. The predicted molar refractivity (Wildman–Crippen MR) is 52.0 cm³/mol. The van der Waals surface area contributed by atoms with E-state index in [-0.39, 0.29) is 0 Å². The molecule has 62 valence electrons. The second kappa shape index (κ2) is 5.90. The molecule has 0 aliphatic rings. The zero-order valence-corrected chi connectivity index (χ0v) is 7.89. The van der Waals surface area contributed by atoms with Crippen molar-refractivity contribution in [3.8, 4) is 0 Å². The number of nitrogens with zero attached hydrogens (tertiary/aromatic N) is 1. The van der Waals surface area contributed by atoms with Crippen molar-refractivity contribution in [2.45, 2.75) is 34.1 Å². The van der Waals surface area contributed by atoms with Crippen molar-refractivity contribution in [2.75, 3.05) is 0 Å². The molecule has 0 aliphatic carbocycles. The molecule has 0 saturated heterocycles. The topological polar surface area (TPSA) is 12.4 Å². The molecule has 1 nitrogen and oxygen atoms in total. The van der Waals surface area contributed by atoms with Gasteiger partial charge < -0.3 is 0 Å². The smallest absolute Gasteiger partial charge is 0.0396 e. The van der Waals surface area contributed by atoms with Gasteiger partial charge in [-0.05, 0) is 33.3 Å². The van der Waals surface area contributed by atoms with Crippen molar-refractivity contribution in [1.29, 1.82) is 0 Å². The summed E-state index contributed by atoms with van der Waals surface area (Å²) in [7, 11) is 0. The summed E-state index contributed by atoms with van der Waals surface area (Å²) in [5.41, 5.74) is 2.44. The Morgan fingerprint density at radius 3 is 2.27 bits per heavy atom. The lowest BCUT2D eigenvalue weighted by Gasteiger charge is -1.92. The number of allylic oxidation sites excluding steroid dienone is 4. The van der Waals surface area contributed by atoms with Crippen LogP contribution in [0.4, 0.5) is 0 Å². The van der Waals surface area contributed by atoms with Crippen LogP contribution in [-0.2, 0) is 0 Å². The lowest BCUT2D eigenvalue weighted by atomic mass is 10.2. The van der Waals surface area contributed by atoms with Crippen LogP contribution in [0.1, 0.15) is 34.1 Å². The van der Waals surface area contributed by atoms with Crippen molar-refractivity contribution < 1.29 is 0 Å². The van der Waals surface area contributed by atoms with Crippen LogP contribution in [0, 0.1) is 0 Å². The SMILES string of the molecule is CC=N/C(=C/C=C(C)C)CC. The second-order valence-electron chi connectivity index (χ2n) is 2.64. The maximum absolute atomic E-state index is 4.21. The first-order chi connectivity index (χ1) is 5.20. The third-order valence-corrected chi connectivity index (χ3v) is 1.27. The lowest BCUT2D eigenvalue weighted by molar-refractivity contribution is 1.07. The molecular weight excluding hydrogens is 134 g/mol. The molecule has 0 fully saturated rings. The summed E-state index contributed by atoms with van der Waals surface area (Å²) in [6.07, 6.45) is 6.98. The zero-order chi connectivity index (χ0) is 8.69. The molecule has 0 N–H and O–H groups in total. The third-order valence-electron chi connectivity index (χ3n) is 1.27. The summed E-state index contributed by atoms with van der Waals surface area (Å²) < 4.78 is 0. The quantitative estimate of drug-likeness (QED) is 0.433. The lowest BCUT2D eigenvalue weighted by Crippen LogP contribution is -1.74. The highest BCUT2D eigenvalue weighted by Gasteiger charge is 1.84. The van der Waals surface area contributed by atoms with Crippen LogP contribution in [-0.4, -0.2) is 6.21 Å². The molecule has 0 atom stereocenters. The van der Waals surface area contributed by atoms with Crippen LogP contribution >= 0.6 is 0 Å². The maximum atomic E-state index is 4.21. The molecular formula is C10H17N. The predicted octanol–water partition coefficient (Wildman–Crippen LogP) is 3.34. The molecule has 11 heavy (non-hydrogen) atoms. The average Bonchev–Trinajstić information content (AvgIpc) is 1.97. The minimum absolute atomic E-state index is 0.994. The highest BCUT2D eigenvalue weighted by atomic mass is 14.7. The van der Waals surface area contributed by atoms with Crippen molar-refractivity contribution >= 4 is 6.21 Å². The molecule has 1 heteroatoms. The molecule has 0 aliphatic heterocycles. The van der Waals surface area contributed by atoms with E-state index in [4.69, 9.17) is 0 Å². The Bertz CT molecular complexity index is 181.